The van der Waals surface area contributed by atoms with Gasteiger partial charge < -0.3 is 9.31 Å². The van der Waals surface area contributed by atoms with Gasteiger partial charge in [-0.1, -0.05) is 55.1 Å². The van der Waals surface area contributed by atoms with Crippen molar-refractivity contribution in [2.45, 2.75) is 45.8 Å². The van der Waals surface area contributed by atoms with E-state index < -0.39 is 0 Å². The van der Waals surface area contributed by atoms with Gasteiger partial charge in [-0.2, -0.15) is 0 Å². The second-order valence-electron chi connectivity index (χ2n) is 8.17. The molecule has 0 N–H and O–H groups in total. The van der Waals surface area contributed by atoms with Crippen molar-refractivity contribution in [3.05, 3.63) is 59.5 Å². The third-order valence-corrected chi connectivity index (χ3v) is 7.04. The van der Waals surface area contributed by atoms with Gasteiger partial charge >= 0.3 is 7.12 Å². The second-order valence-corrected chi connectivity index (χ2v) is 9.40. The first kappa shape index (κ1) is 18.5. The molecule has 138 valence electrons. The average Bonchev–Trinajstić information content (AvgIpc) is 3.06. The summed E-state index contributed by atoms with van der Waals surface area (Å²) in [4.78, 5) is 1.30. The molecule has 2 heterocycles. The molecule has 0 spiro atoms. The van der Waals surface area contributed by atoms with E-state index in [0.717, 1.165) is 5.46 Å². The fraction of sp³-hybridized carbons (Fsp3) is 0.304. The molecule has 1 saturated heterocycles. The number of aryl methyl sites for hydroxylation is 1. The highest BCUT2D eigenvalue weighted by atomic mass is 32.1. The lowest BCUT2D eigenvalue weighted by Crippen LogP contribution is -2.41. The van der Waals surface area contributed by atoms with Crippen LogP contribution in [0.3, 0.4) is 0 Å². The molecule has 4 heteroatoms. The monoisotopic (exact) mass is 376 g/mol. The third kappa shape index (κ3) is 2.96. The molecule has 1 aromatic heterocycles. The molecule has 4 rings (SSSR count). The number of rotatable bonds is 3. The largest absolute Gasteiger partial charge is 0.494 e. The first-order valence-electron chi connectivity index (χ1n) is 9.34. The first-order valence-corrected chi connectivity index (χ1v) is 10.2. The van der Waals surface area contributed by atoms with Crippen molar-refractivity contribution in [1.82, 2.24) is 0 Å². The van der Waals surface area contributed by atoms with E-state index in [9.17, 15) is 0 Å². The van der Waals surface area contributed by atoms with E-state index in [0.29, 0.717) is 0 Å². The van der Waals surface area contributed by atoms with Gasteiger partial charge in [0, 0.05) is 15.0 Å². The molecule has 1 aliphatic heterocycles. The van der Waals surface area contributed by atoms with Gasteiger partial charge in [0.2, 0.25) is 0 Å². The zero-order valence-corrected chi connectivity index (χ0v) is 17.4. The molecule has 0 radical (unpaired) electrons. The normalized spacial score (nSPS) is 18.2. The van der Waals surface area contributed by atoms with Crippen molar-refractivity contribution >= 4 is 40.1 Å². The number of hydrogen-bond donors (Lipinski definition) is 0. The van der Waals surface area contributed by atoms with E-state index in [4.69, 9.17) is 9.31 Å². The summed E-state index contributed by atoms with van der Waals surface area (Å²) in [5.74, 6) is 0. The molecule has 0 aliphatic carbocycles. The van der Waals surface area contributed by atoms with Crippen molar-refractivity contribution in [2.24, 2.45) is 0 Å². The van der Waals surface area contributed by atoms with E-state index in [1.807, 2.05) is 17.4 Å². The lowest BCUT2D eigenvalue weighted by molar-refractivity contribution is 0.00578. The Morgan fingerprint density at radius 2 is 1.67 bits per heavy atom. The zero-order valence-electron chi connectivity index (χ0n) is 16.6. The van der Waals surface area contributed by atoms with Crippen molar-refractivity contribution in [3.63, 3.8) is 0 Å². The Kier molecular flexibility index (Phi) is 4.34. The van der Waals surface area contributed by atoms with Crippen LogP contribution >= 0.6 is 11.3 Å². The molecular formula is C23H25BO2S. The molecule has 0 bridgehead atoms. The van der Waals surface area contributed by atoms with Crippen molar-refractivity contribution in [1.29, 1.82) is 0 Å². The molecular weight excluding hydrogens is 351 g/mol. The molecule has 2 aromatic carbocycles. The van der Waals surface area contributed by atoms with Crippen LogP contribution < -0.4 is 5.46 Å². The topological polar surface area (TPSA) is 18.5 Å². The molecule has 0 saturated carbocycles. The summed E-state index contributed by atoms with van der Waals surface area (Å²) in [6, 6.07) is 15.0. The minimum absolute atomic E-state index is 0.336. The van der Waals surface area contributed by atoms with Crippen LogP contribution in [0.4, 0.5) is 0 Å². The standard InChI is InChI=1S/C23H25BO2S/c1-7-18-15(2)27-21-19(12-9-13-20(18)21)16-10-8-11-17(14-16)24-25-22(3,4)23(5,6)26-24/h7-14H,1H2,2-6H3. The van der Waals surface area contributed by atoms with E-state index in [1.54, 1.807) is 0 Å². The van der Waals surface area contributed by atoms with Crippen LogP contribution in [-0.2, 0) is 9.31 Å². The highest BCUT2D eigenvalue weighted by Gasteiger charge is 2.51. The molecule has 27 heavy (non-hydrogen) atoms. The number of hydrogen-bond acceptors (Lipinski definition) is 3. The van der Waals surface area contributed by atoms with Gasteiger partial charge in [0.25, 0.3) is 0 Å². The summed E-state index contributed by atoms with van der Waals surface area (Å²) in [6.07, 6.45) is 1.96. The maximum Gasteiger partial charge on any atom is 0.494 e. The van der Waals surface area contributed by atoms with Gasteiger partial charge in [-0.15, -0.1) is 11.3 Å². The zero-order chi connectivity index (χ0) is 19.4. The summed E-state index contributed by atoms with van der Waals surface area (Å²) < 4.78 is 13.8. The Bertz CT molecular complexity index is 1020. The fourth-order valence-corrected chi connectivity index (χ4v) is 4.76. The maximum absolute atomic E-state index is 6.24. The van der Waals surface area contributed by atoms with Crippen molar-refractivity contribution < 1.29 is 9.31 Å². The van der Waals surface area contributed by atoms with Crippen LogP contribution in [0, 0.1) is 6.92 Å². The molecule has 1 aliphatic rings. The quantitative estimate of drug-likeness (QED) is 0.537. The maximum atomic E-state index is 6.24. The van der Waals surface area contributed by atoms with E-state index in [-0.39, 0.29) is 18.3 Å². The Morgan fingerprint density at radius 1 is 1.00 bits per heavy atom. The Labute approximate surface area is 166 Å². The predicted octanol–water partition coefficient (Wildman–Crippen LogP) is 5.82. The summed E-state index contributed by atoms with van der Waals surface area (Å²) in [5.41, 5.74) is 4.05. The summed E-state index contributed by atoms with van der Waals surface area (Å²) in [7, 11) is -0.344. The lowest BCUT2D eigenvalue weighted by Gasteiger charge is -2.32. The Hall–Kier alpha value is -1.88. The number of benzene rings is 2. The average molecular weight is 376 g/mol. The Balaban J connectivity index is 1.79. The lowest BCUT2D eigenvalue weighted by atomic mass is 9.78. The van der Waals surface area contributed by atoms with Crippen LogP contribution in [0.2, 0.25) is 0 Å². The van der Waals surface area contributed by atoms with E-state index in [1.165, 1.54) is 31.7 Å². The van der Waals surface area contributed by atoms with Crippen LogP contribution in [0.5, 0.6) is 0 Å². The summed E-state index contributed by atoms with van der Waals surface area (Å²) in [6.45, 7) is 14.5. The third-order valence-electron chi connectivity index (χ3n) is 5.87. The van der Waals surface area contributed by atoms with E-state index >= 15 is 0 Å². The Morgan fingerprint density at radius 3 is 2.33 bits per heavy atom. The minimum atomic E-state index is -0.344. The summed E-state index contributed by atoms with van der Waals surface area (Å²) in [5, 5.41) is 1.27. The van der Waals surface area contributed by atoms with Gasteiger partial charge in [-0.3, -0.25) is 0 Å². The van der Waals surface area contributed by atoms with Crippen LogP contribution in [0.15, 0.2) is 49.0 Å². The molecule has 3 aromatic rings. The highest BCUT2D eigenvalue weighted by Crippen LogP contribution is 2.39. The van der Waals surface area contributed by atoms with Gasteiger partial charge in [-0.25, -0.2) is 0 Å². The van der Waals surface area contributed by atoms with Crippen LogP contribution in [0.1, 0.15) is 38.1 Å². The van der Waals surface area contributed by atoms with Crippen LogP contribution in [0.25, 0.3) is 27.3 Å². The smallest absolute Gasteiger partial charge is 0.399 e. The first-order chi connectivity index (χ1) is 12.7. The second kappa shape index (κ2) is 6.34. The van der Waals surface area contributed by atoms with Crippen molar-refractivity contribution in [3.8, 4) is 11.1 Å². The highest BCUT2D eigenvalue weighted by molar-refractivity contribution is 7.20. The minimum Gasteiger partial charge on any atom is -0.399 e. The number of thiophene rings is 1. The molecule has 1 fully saturated rings. The van der Waals surface area contributed by atoms with E-state index in [2.05, 4.69) is 83.7 Å². The van der Waals surface area contributed by atoms with Gasteiger partial charge in [-0.05, 0) is 56.8 Å². The molecule has 0 atom stereocenters. The number of fused-ring (bicyclic) bond motifs is 1. The molecule has 2 nitrogen and oxygen atoms in total. The van der Waals surface area contributed by atoms with Gasteiger partial charge in [0.15, 0.2) is 0 Å². The SMILES string of the molecule is C=Cc1c(C)sc2c(-c3cccc(B4OC(C)(C)C(C)(C)O4)c3)cccc12. The van der Waals surface area contributed by atoms with Gasteiger partial charge in [0.1, 0.15) is 0 Å². The predicted molar refractivity (Wildman–Crippen MR) is 118 cm³/mol. The summed E-state index contributed by atoms with van der Waals surface area (Å²) >= 11 is 1.83. The molecule has 0 unspecified atom stereocenters. The van der Waals surface area contributed by atoms with Crippen molar-refractivity contribution in [2.75, 3.05) is 0 Å². The fourth-order valence-electron chi connectivity index (χ4n) is 3.57. The molecule has 0 amide bonds. The van der Waals surface area contributed by atoms with Crippen LogP contribution in [-0.4, -0.2) is 18.3 Å². The van der Waals surface area contributed by atoms with Gasteiger partial charge in [0.05, 0.1) is 11.2 Å².